The number of anilines is 3. The van der Waals surface area contributed by atoms with E-state index in [9.17, 15) is 10.1 Å². The Hall–Kier alpha value is -5.19. The number of Topliss-reactive ketones (excluding diaryl/α,β-unsaturated/α-hetero) is 1. The molecule has 4 nitrogen and oxygen atoms in total. The summed E-state index contributed by atoms with van der Waals surface area (Å²) in [7, 11) is 0. The van der Waals surface area contributed by atoms with Gasteiger partial charge < -0.3 is 4.90 Å². The van der Waals surface area contributed by atoms with Crippen LogP contribution in [0.25, 0.3) is 16.5 Å². The van der Waals surface area contributed by atoms with Gasteiger partial charge in [0.1, 0.15) is 0 Å². The highest BCUT2D eigenvalue weighted by Crippen LogP contribution is 2.40. The van der Waals surface area contributed by atoms with E-state index < -0.39 is 0 Å². The summed E-state index contributed by atoms with van der Waals surface area (Å²) in [6.07, 6.45) is 1.76. The third kappa shape index (κ3) is 4.02. The van der Waals surface area contributed by atoms with Crippen LogP contribution < -0.4 is 4.90 Å². The van der Waals surface area contributed by atoms with E-state index in [0.29, 0.717) is 22.3 Å². The number of rotatable bonds is 4. The highest BCUT2D eigenvalue weighted by Gasteiger charge is 2.31. The number of hydrogen-bond donors (Lipinski definition) is 0. The van der Waals surface area contributed by atoms with E-state index in [4.69, 9.17) is 6.57 Å². The van der Waals surface area contributed by atoms with Crippen molar-refractivity contribution in [1.29, 1.82) is 5.26 Å². The SMILES string of the molecule is [C-]#[N+]/C(C#N)=C1\C(=C/c2ccc(N(c3ccccc3)c3ccccc3)cc2)C(=O)c2ccccc21. The summed E-state index contributed by atoms with van der Waals surface area (Å²) < 4.78 is 0. The standard InChI is InChI=1S/C31H19N3O/c1-33-29(21-32)30-26-14-8-9-15-27(26)31(35)28(30)20-22-16-18-25(19-17-22)34(23-10-4-2-5-11-23)24-12-6-3-7-13-24/h2-20H/b28-20+,30-29-. The fraction of sp³-hybridized carbons (Fsp3) is 0. The lowest BCUT2D eigenvalue weighted by atomic mass is 10.0. The molecule has 4 heteroatoms. The number of para-hydroxylation sites is 2. The minimum atomic E-state index is -0.175. The van der Waals surface area contributed by atoms with E-state index in [0.717, 1.165) is 22.6 Å². The molecule has 0 atom stereocenters. The maximum absolute atomic E-state index is 13.2. The molecule has 0 saturated carbocycles. The van der Waals surface area contributed by atoms with Gasteiger partial charge in [0.2, 0.25) is 0 Å². The van der Waals surface area contributed by atoms with E-state index in [-0.39, 0.29) is 11.5 Å². The Morgan fingerprint density at radius 2 is 1.26 bits per heavy atom. The highest BCUT2D eigenvalue weighted by molar-refractivity contribution is 6.29. The lowest BCUT2D eigenvalue weighted by molar-refractivity contribution is 0.104. The summed E-state index contributed by atoms with van der Waals surface area (Å²) in [4.78, 5) is 18.7. The summed E-state index contributed by atoms with van der Waals surface area (Å²) in [5.41, 5.74) is 5.70. The van der Waals surface area contributed by atoms with Gasteiger partial charge in [0, 0.05) is 33.8 Å². The van der Waals surface area contributed by atoms with Crippen molar-refractivity contribution in [3.8, 4) is 6.07 Å². The first-order valence-electron chi connectivity index (χ1n) is 11.1. The summed E-state index contributed by atoms with van der Waals surface area (Å²) in [5, 5.41) is 9.53. The predicted molar refractivity (Wildman–Crippen MR) is 139 cm³/mol. The lowest BCUT2D eigenvalue weighted by Gasteiger charge is -2.25. The Morgan fingerprint density at radius 1 is 0.743 bits per heavy atom. The van der Waals surface area contributed by atoms with Crippen molar-refractivity contribution in [3.05, 3.63) is 149 Å². The zero-order valence-electron chi connectivity index (χ0n) is 18.7. The number of allylic oxidation sites excluding steroid dienone is 3. The molecule has 4 aromatic rings. The monoisotopic (exact) mass is 449 g/mol. The molecule has 35 heavy (non-hydrogen) atoms. The van der Waals surface area contributed by atoms with Crippen molar-refractivity contribution in [2.24, 2.45) is 0 Å². The van der Waals surface area contributed by atoms with Crippen molar-refractivity contribution >= 4 is 34.5 Å². The summed E-state index contributed by atoms with van der Waals surface area (Å²) >= 11 is 0. The van der Waals surface area contributed by atoms with Gasteiger partial charge in [-0.15, -0.1) is 0 Å². The molecule has 5 rings (SSSR count). The van der Waals surface area contributed by atoms with Crippen molar-refractivity contribution < 1.29 is 4.79 Å². The largest absolute Gasteiger partial charge is 0.311 e. The molecule has 0 unspecified atom stereocenters. The third-order valence-corrected chi connectivity index (χ3v) is 5.90. The zero-order chi connectivity index (χ0) is 24.2. The molecular formula is C31H19N3O. The Labute approximate surface area is 204 Å². The molecule has 0 saturated heterocycles. The summed E-state index contributed by atoms with van der Waals surface area (Å²) in [6, 6.07) is 37.2. The molecule has 0 aromatic heterocycles. The van der Waals surface area contributed by atoms with E-state index in [1.54, 1.807) is 24.3 Å². The predicted octanol–water partition coefficient (Wildman–Crippen LogP) is 7.59. The number of carbonyl (C=O) groups excluding carboxylic acids is 1. The van der Waals surface area contributed by atoms with Crippen molar-refractivity contribution in [2.45, 2.75) is 0 Å². The van der Waals surface area contributed by atoms with Crippen LogP contribution in [0.2, 0.25) is 0 Å². The van der Waals surface area contributed by atoms with Gasteiger partial charge in [0.25, 0.3) is 5.70 Å². The average Bonchev–Trinajstić information content (AvgIpc) is 3.19. The maximum atomic E-state index is 13.2. The van der Waals surface area contributed by atoms with Crippen LogP contribution >= 0.6 is 0 Å². The van der Waals surface area contributed by atoms with Crippen molar-refractivity contribution in [3.63, 3.8) is 0 Å². The molecule has 164 valence electrons. The number of hydrogen-bond acceptors (Lipinski definition) is 3. The number of nitriles is 1. The van der Waals surface area contributed by atoms with Crippen LogP contribution in [0.5, 0.6) is 0 Å². The molecule has 4 aromatic carbocycles. The first-order valence-corrected chi connectivity index (χ1v) is 11.1. The third-order valence-electron chi connectivity index (χ3n) is 5.90. The van der Waals surface area contributed by atoms with Gasteiger partial charge in [-0.1, -0.05) is 72.8 Å². The Morgan fingerprint density at radius 3 is 1.80 bits per heavy atom. The van der Waals surface area contributed by atoms with Gasteiger partial charge >= 0.3 is 0 Å². The number of nitrogens with zero attached hydrogens (tertiary/aromatic N) is 3. The van der Waals surface area contributed by atoms with Gasteiger partial charge in [-0.2, -0.15) is 0 Å². The minimum Gasteiger partial charge on any atom is -0.311 e. The number of benzene rings is 4. The second-order valence-electron chi connectivity index (χ2n) is 7.98. The molecule has 1 aliphatic rings. The van der Waals surface area contributed by atoms with E-state index >= 15 is 0 Å². The summed E-state index contributed by atoms with van der Waals surface area (Å²) in [5.74, 6) is -0.175. The number of fused-ring (bicyclic) bond motifs is 1. The van der Waals surface area contributed by atoms with Gasteiger partial charge in [-0.3, -0.25) is 4.79 Å². The average molecular weight is 450 g/mol. The number of ketones is 1. The lowest BCUT2D eigenvalue weighted by Crippen LogP contribution is -2.09. The first kappa shape index (κ1) is 21.6. The molecule has 0 fully saturated rings. The second kappa shape index (κ2) is 9.35. The molecule has 0 radical (unpaired) electrons. The van der Waals surface area contributed by atoms with Gasteiger partial charge in [0.05, 0.1) is 12.6 Å². The topological polar surface area (TPSA) is 48.5 Å². The highest BCUT2D eigenvalue weighted by atomic mass is 16.1. The Balaban J connectivity index is 1.58. The molecule has 0 bridgehead atoms. The smallest absolute Gasteiger partial charge is 0.270 e. The molecular weight excluding hydrogens is 430 g/mol. The first-order chi connectivity index (χ1) is 17.2. The van der Waals surface area contributed by atoms with Gasteiger partial charge in [0.15, 0.2) is 5.78 Å². The molecule has 0 N–H and O–H groups in total. The molecule has 0 heterocycles. The maximum Gasteiger partial charge on any atom is 0.270 e. The Bertz CT molecular complexity index is 1500. The van der Waals surface area contributed by atoms with Crippen LogP contribution in [0.4, 0.5) is 17.1 Å². The molecule has 0 amide bonds. The van der Waals surface area contributed by atoms with Crippen molar-refractivity contribution in [1.82, 2.24) is 0 Å². The molecule has 0 aliphatic heterocycles. The van der Waals surface area contributed by atoms with E-state index in [1.807, 2.05) is 72.8 Å². The molecule has 1 aliphatic carbocycles. The Kier molecular flexibility index (Phi) is 5.78. The van der Waals surface area contributed by atoms with Crippen LogP contribution in [-0.4, -0.2) is 5.78 Å². The zero-order valence-corrected chi connectivity index (χ0v) is 18.7. The normalized spacial score (nSPS) is 14.7. The molecule has 0 spiro atoms. The van der Waals surface area contributed by atoms with Crippen LogP contribution in [0, 0.1) is 17.9 Å². The second-order valence-corrected chi connectivity index (χ2v) is 7.98. The van der Waals surface area contributed by atoms with Crippen LogP contribution in [0.15, 0.2) is 120 Å². The fourth-order valence-electron chi connectivity index (χ4n) is 4.32. The van der Waals surface area contributed by atoms with Crippen LogP contribution in [0.3, 0.4) is 0 Å². The fourth-order valence-corrected chi connectivity index (χ4v) is 4.32. The van der Waals surface area contributed by atoms with Crippen molar-refractivity contribution in [2.75, 3.05) is 4.90 Å². The van der Waals surface area contributed by atoms with Gasteiger partial charge in [-0.05, 0) is 53.6 Å². The van der Waals surface area contributed by atoms with E-state index in [1.165, 1.54) is 0 Å². The quantitative estimate of drug-likeness (QED) is 0.183. The van der Waals surface area contributed by atoms with Gasteiger partial charge in [-0.25, -0.2) is 10.1 Å². The minimum absolute atomic E-state index is 0.0782. The van der Waals surface area contributed by atoms with Crippen LogP contribution in [-0.2, 0) is 0 Å². The van der Waals surface area contributed by atoms with E-state index in [2.05, 4.69) is 34.0 Å². The number of carbonyl (C=O) groups is 1. The van der Waals surface area contributed by atoms with Crippen LogP contribution in [0.1, 0.15) is 21.5 Å². The summed E-state index contributed by atoms with van der Waals surface area (Å²) in [6.45, 7) is 7.44.